The third-order valence-electron chi connectivity index (χ3n) is 3.89. The van der Waals surface area contributed by atoms with Gasteiger partial charge in [0.2, 0.25) is 0 Å². The number of likely N-dealkylation sites (tertiary alicyclic amines) is 1. The molecule has 0 spiro atoms. The summed E-state index contributed by atoms with van der Waals surface area (Å²) in [5.74, 6) is 0. The van der Waals surface area contributed by atoms with Gasteiger partial charge in [-0.25, -0.2) is 0 Å². The quantitative estimate of drug-likeness (QED) is 0.690. The summed E-state index contributed by atoms with van der Waals surface area (Å²) in [6.45, 7) is 2.55. The second kappa shape index (κ2) is 5.13. The summed E-state index contributed by atoms with van der Waals surface area (Å²) < 4.78 is 0. The lowest BCUT2D eigenvalue weighted by Gasteiger charge is -2.38. The molecular weight excluding hydrogens is 172 g/mol. The van der Waals surface area contributed by atoms with E-state index in [9.17, 15) is 0 Å². The first-order chi connectivity index (χ1) is 6.88. The lowest BCUT2D eigenvalue weighted by atomic mass is 9.93. The van der Waals surface area contributed by atoms with E-state index in [4.69, 9.17) is 0 Å². The van der Waals surface area contributed by atoms with Crippen molar-refractivity contribution >= 4 is 0 Å². The van der Waals surface area contributed by atoms with E-state index in [1.54, 1.807) is 0 Å². The molecule has 2 heterocycles. The molecule has 2 aliphatic heterocycles. The Labute approximate surface area is 88.1 Å². The van der Waals surface area contributed by atoms with Crippen LogP contribution in [0.5, 0.6) is 0 Å². The summed E-state index contributed by atoms with van der Waals surface area (Å²) >= 11 is 0. The van der Waals surface area contributed by atoms with Gasteiger partial charge in [-0.05, 0) is 45.8 Å². The van der Waals surface area contributed by atoms with E-state index in [0.29, 0.717) is 0 Å². The second-order valence-electron chi connectivity index (χ2n) is 4.95. The van der Waals surface area contributed by atoms with Crippen molar-refractivity contribution in [1.82, 2.24) is 10.2 Å². The van der Waals surface area contributed by atoms with Gasteiger partial charge in [0.1, 0.15) is 0 Å². The molecule has 2 atom stereocenters. The van der Waals surface area contributed by atoms with Crippen molar-refractivity contribution in [1.29, 1.82) is 0 Å². The number of nitrogens with zero attached hydrogens (tertiary/aromatic N) is 1. The molecule has 0 bridgehead atoms. The standard InChI is InChI=1S/C12H24N2/c1-14-10-6-4-8-12(14)11-7-3-2-5-9-13-11/h11-13H,2-10H2,1H3. The molecule has 0 aromatic carbocycles. The third kappa shape index (κ3) is 2.48. The van der Waals surface area contributed by atoms with Gasteiger partial charge in [0.15, 0.2) is 0 Å². The molecule has 2 rings (SSSR count). The molecule has 0 radical (unpaired) electrons. The Kier molecular flexibility index (Phi) is 3.82. The number of hydrogen-bond donors (Lipinski definition) is 1. The predicted octanol–water partition coefficient (Wildman–Crippen LogP) is 2.00. The Hall–Kier alpha value is -0.0800. The summed E-state index contributed by atoms with van der Waals surface area (Å²) in [6.07, 6.45) is 9.89. The van der Waals surface area contributed by atoms with E-state index in [2.05, 4.69) is 17.3 Å². The van der Waals surface area contributed by atoms with Gasteiger partial charge in [-0.15, -0.1) is 0 Å². The lowest BCUT2D eigenvalue weighted by molar-refractivity contribution is 0.142. The molecule has 2 unspecified atom stereocenters. The van der Waals surface area contributed by atoms with Crippen LogP contribution in [-0.2, 0) is 0 Å². The van der Waals surface area contributed by atoms with Crippen molar-refractivity contribution < 1.29 is 0 Å². The van der Waals surface area contributed by atoms with Gasteiger partial charge >= 0.3 is 0 Å². The largest absolute Gasteiger partial charge is 0.312 e. The first kappa shape index (κ1) is 10.4. The highest BCUT2D eigenvalue weighted by Gasteiger charge is 2.27. The third-order valence-corrected chi connectivity index (χ3v) is 3.89. The van der Waals surface area contributed by atoms with E-state index >= 15 is 0 Å². The minimum absolute atomic E-state index is 0.780. The maximum atomic E-state index is 3.74. The maximum absolute atomic E-state index is 3.74. The summed E-state index contributed by atoms with van der Waals surface area (Å²) in [5, 5.41) is 3.74. The van der Waals surface area contributed by atoms with Crippen LogP contribution in [0.25, 0.3) is 0 Å². The number of rotatable bonds is 1. The zero-order valence-electron chi connectivity index (χ0n) is 9.47. The minimum atomic E-state index is 0.780. The highest BCUT2D eigenvalue weighted by Crippen LogP contribution is 2.22. The summed E-state index contributed by atoms with van der Waals surface area (Å²) in [4.78, 5) is 2.58. The molecule has 14 heavy (non-hydrogen) atoms. The van der Waals surface area contributed by atoms with Gasteiger partial charge in [-0.2, -0.15) is 0 Å². The molecule has 0 amide bonds. The normalized spacial score (nSPS) is 36.6. The molecule has 2 saturated heterocycles. The van der Waals surface area contributed by atoms with Crippen LogP contribution >= 0.6 is 0 Å². The average molecular weight is 196 g/mol. The first-order valence-corrected chi connectivity index (χ1v) is 6.31. The minimum Gasteiger partial charge on any atom is -0.312 e. The van der Waals surface area contributed by atoms with Gasteiger partial charge in [0.05, 0.1) is 0 Å². The molecule has 2 aliphatic rings. The molecule has 0 aromatic heterocycles. The van der Waals surface area contributed by atoms with Crippen molar-refractivity contribution in [3.63, 3.8) is 0 Å². The topological polar surface area (TPSA) is 15.3 Å². The molecule has 2 nitrogen and oxygen atoms in total. The van der Waals surface area contributed by atoms with Crippen LogP contribution in [0.15, 0.2) is 0 Å². The Morgan fingerprint density at radius 3 is 2.71 bits per heavy atom. The van der Waals surface area contributed by atoms with Gasteiger partial charge in [-0.3, -0.25) is 0 Å². The Bertz CT molecular complexity index is 162. The van der Waals surface area contributed by atoms with Gasteiger partial charge < -0.3 is 10.2 Å². The zero-order chi connectivity index (χ0) is 9.80. The van der Waals surface area contributed by atoms with Gasteiger partial charge in [0, 0.05) is 12.1 Å². The molecule has 1 N–H and O–H groups in total. The molecule has 82 valence electrons. The first-order valence-electron chi connectivity index (χ1n) is 6.31. The van der Waals surface area contributed by atoms with E-state index in [1.165, 1.54) is 58.0 Å². The molecule has 2 fully saturated rings. The average Bonchev–Trinajstić information content (AvgIpc) is 2.47. The lowest BCUT2D eigenvalue weighted by Crippen LogP contribution is -2.50. The van der Waals surface area contributed by atoms with Crippen LogP contribution in [-0.4, -0.2) is 37.1 Å². The highest BCUT2D eigenvalue weighted by molar-refractivity contribution is 4.87. The SMILES string of the molecule is CN1CCCCC1C1CCCCCN1. The molecule has 2 heteroatoms. The Morgan fingerprint density at radius 1 is 1.00 bits per heavy atom. The number of piperidine rings is 1. The fourth-order valence-corrected chi connectivity index (χ4v) is 2.99. The zero-order valence-corrected chi connectivity index (χ0v) is 9.47. The number of hydrogen-bond acceptors (Lipinski definition) is 2. The molecule has 0 aromatic rings. The van der Waals surface area contributed by atoms with Crippen LogP contribution in [0.3, 0.4) is 0 Å². The monoisotopic (exact) mass is 196 g/mol. The van der Waals surface area contributed by atoms with E-state index in [-0.39, 0.29) is 0 Å². The van der Waals surface area contributed by atoms with Crippen LogP contribution in [0.2, 0.25) is 0 Å². The Morgan fingerprint density at radius 2 is 1.86 bits per heavy atom. The van der Waals surface area contributed by atoms with Crippen molar-refractivity contribution in [3.05, 3.63) is 0 Å². The smallest absolute Gasteiger partial charge is 0.0246 e. The highest BCUT2D eigenvalue weighted by atomic mass is 15.2. The van der Waals surface area contributed by atoms with E-state index in [0.717, 1.165) is 12.1 Å². The van der Waals surface area contributed by atoms with E-state index in [1.807, 2.05) is 0 Å². The van der Waals surface area contributed by atoms with Crippen molar-refractivity contribution in [2.75, 3.05) is 20.1 Å². The van der Waals surface area contributed by atoms with Crippen LogP contribution in [0.1, 0.15) is 44.9 Å². The van der Waals surface area contributed by atoms with Crippen molar-refractivity contribution in [2.24, 2.45) is 0 Å². The van der Waals surface area contributed by atoms with Crippen molar-refractivity contribution in [2.45, 2.75) is 57.0 Å². The number of likely N-dealkylation sites (N-methyl/N-ethyl adjacent to an activating group) is 1. The molecule has 0 aliphatic carbocycles. The van der Waals surface area contributed by atoms with Crippen LogP contribution < -0.4 is 5.32 Å². The second-order valence-corrected chi connectivity index (χ2v) is 4.95. The molecule has 0 saturated carbocycles. The summed E-state index contributed by atoms with van der Waals surface area (Å²) in [7, 11) is 2.30. The number of nitrogens with one attached hydrogen (secondary N) is 1. The van der Waals surface area contributed by atoms with Crippen LogP contribution in [0, 0.1) is 0 Å². The maximum Gasteiger partial charge on any atom is 0.0246 e. The van der Waals surface area contributed by atoms with E-state index < -0.39 is 0 Å². The fraction of sp³-hybridized carbons (Fsp3) is 1.00. The van der Waals surface area contributed by atoms with Gasteiger partial charge in [-0.1, -0.05) is 19.3 Å². The fourth-order valence-electron chi connectivity index (χ4n) is 2.99. The summed E-state index contributed by atoms with van der Waals surface area (Å²) in [6, 6.07) is 1.60. The van der Waals surface area contributed by atoms with Gasteiger partial charge in [0.25, 0.3) is 0 Å². The predicted molar refractivity (Wildman–Crippen MR) is 60.5 cm³/mol. The molecular formula is C12H24N2. The summed E-state index contributed by atoms with van der Waals surface area (Å²) in [5.41, 5.74) is 0. The Balaban J connectivity index is 1.90. The van der Waals surface area contributed by atoms with Crippen molar-refractivity contribution in [3.8, 4) is 0 Å². The van der Waals surface area contributed by atoms with Crippen LogP contribution in [0.4, 0.5) is 0 Å².